The highest BCUT2D eigenvalue weighted by Gasteiger charge is 2.12. The molecule has 1 heterocycles. The van der Waals surface area contributed by atoms with Crippen LogP contribution < -0.4 is 5.73 Å². The highest BCUT2D eigenvalue weighted by Crippen LogP contribution is 2.24. The van der Waals surface area contributed by atoms with Gasteiger partial charge in [0.25, 0.3) is 0 Å². The monoisotopic (exact) mass is 280 g/mol. The zero-order valence-corrected chi connectivity index (χ0v) is 12.5. The van der Waals surface area contributed by atoms with Crippen LogP contribution in [0.25, 0.3) is 11.1 Å². The molecule has 108 valence electrons. The van der Waals surface area contributed by atoms with Crippen molar-refractivity contribution in [1.82, 2.24) is 4.98 Å². The van der Waals surface area contributed by atoms with E-state index >= 15 is 0 Å². The van der Waals surface area contributed by atoms with E-state index in [0.717, 1.165) is 35.5 Å². The first-order valence-electron chi connectivity index (χ1n) is 7.39. The van der Waals surface area contributed by atoms with Gasteiger partial charge in [-0.3, -0.25) is 0 Å². The van der Waals surface area contributed by atoms with Gasteiger partial charge in [0, 0.05) is 12.1 Å². The highest BCUT2D eigenvalue weighted by molar-refractivity contribution is 5.73. The van der Waals surface area contributed by atoms with Crippen LogP contribution in [0.2, 0.25) is 0 Å². The van der Waals surface area contributed by atoms with Crippen LogP contribution in [-0.4, -0.2) is 4.98 Å². The van der Waals surface area contributed by atoms with E-state index in [1.807, 2.05) is 18.2 Å². The average molecular weight is 280 g/mol. The van der Waals surface area contributed by atoms with Gasteiger partial charge in [0.1, 0.15) is 5.52 Å². The molecule has 0 amide bonds. The van der Waals surface area contributed by atoms with Gasteiger partial charge in [0.2, 0.25) is 0 Å². The largest absolute Gasteiger partial charge is 0.441 e. The summed E-state index contributed by atoms with van der Waals surface area (Å²) in [5.41, 5.74) is 10.9. The Labute approximate surface area is 124 Å². The Morgan fingerprint density at radius 2 is 1.90 bits per heavy atom. The second-order valence-electron chi connectivity index (χ2n) is 5.54. The van der Waals surface area contributed by atoms with E-state index in [0.29, 0.717) is 5.92 Å². The molecule has 3 heteroatoms. The third kappa shape index (κ3) is 2.92. The molecule has 3 aromatic rings. The van der Waals surface area contributed by atoms with Crippen molar-refractivity contribution in [3.05, 3.63) is 59.5 Å². The molecule has 0 fully saturated rings. The fourth-order valence-corrected chi connectivity index (χ4v) is 2.53. The van der Waals surface area contributed by atoms with Crippen molar-refractivity contribution in [2.75, 3.05) is 5.73 Å². The van der Waals surface area contributed by atoms with Crippen molar-refractivity contribution in [2.24, 2.45) is 0 Å². The summed E-state index contributed by atoms with van der Waals surface area (Å²) in [5.74, 6) is 1.15. The summed E-state index contributed by atoms with van der Waals surface area (Å²) in [5, 5.41) is 0. The molecule has 0 spiro atoms. The Bertz CT molecular complexity index is 744. The molecule has 3 nitrogen and oxygen atoms in total. The number of anilines is 1. The van der Waals surface area contributed by atoms with Crippen molar-refractivity contribution in [2.45, 2.75) is 32.6 Å². The maximum atomic E-state index is 5.85. The first kappa shape index (κ1) is 13.7. The second kappa shape index (κ2) is 5.60. The Balaban J connectivity index is 1.82. The number of hydrogen-bond donors (Lipinski definition) is 1. The van der Waals surface area contributed by atoms with Gasteiger partial charge in [-0.05, 0) is 47.7 Å². The third-order valence-corrected chi connectivity index (χ3v) is 3.89. The molecule has 0 saturated heterocycles. The van der Waals surface area contributed by atoms with E-state index in [1.165, 1.54) is 11.1 Å². The number of aromatic nitrogens is 1. The number of hydrogen-bond acceptors (Lipinski definition) is 3. The van der Waals surface area contributed by atoms with E-state index < -0.39 is 0 Å². The van der Waals surface area contributed by atoms with Gasteiger partial charge < -0.3 is 10.2 Å². The molecule has 1 atom stereocenters. The van der Waals surface area contributed by atoms with Crippen LogP contribution in [-0.2, 0) is 12.8 Å². The topological polar surface area (TPSA) is 52.0 Å². The fourth-order valence-electron chi connectivity index (χ4n) is 2.53. The zero-order chi connectivity index (χ0) is 14.8. The van der Waals surface area contributed by atoms with Gasteiger partial charge in [-0.25, -0.2) is 4.98 Å². The first-order valence-corrected chi connectivity index (χ1v) is 7.39. The molecule has 0 aliphatic heterocycles. The molecule has 2 N–H and O–H groups in total. The number of nitrogens with zero attached hydrogens (tertiary/aromatic N) is 1. The zero-order valence-electron chi connectivity index (χ0n) is 12.5. The molecular weight excluding hydrogens is 260 g/mol. The van der Waals surface area contributed by atoms with E-state index in [-0.39, 0.29) is 0 Å². The minimum absolute atomic E-state index is 0.351. The lowest BCUT2D eigenvalue weighted by Crippen LogP contribution is -1.99. The minimum atomic E-state index is 0.351. The summed E-state index contributed by atoms with van der Waals surface area (Å²) in [6.45, 7) is 4.32. The summed E-state index contributed by atoms with van der Waals surface area (Å²) in [6, 6.07) is 14.2. The normalized spacial score (nSPS) is 12.7. The molecule has 0 saturated carbocycles. The SMILES string of the molecule is CCc1ccc2oc(CC(C)c3ccc(N)cc3)nc2c1. The predicted octanol–water partition coefficient (Wildman–Crippen LogP) is 4.32. The summed E-state index contributed by atoms with van der Waals surface area (Å²) in [4.78, 5) is 4.61. The van der Waals surface area contributed by atoms with Crippen LogP contribution in [0, 0.1) is 0 Å². The third-order valence-electron chi connectivity index (χ3n) is 3.89. The molecule has 0 aliphatic rings. The number of rotatable bonds is 4. The minimum Gasteiger partial charge on any atom is -0.441 e. The fraction of sp³-hybridized carbons (Fsp3) is 0.278. The summed E-state index contributed by atoms with van der Waals surface area (Å²) in [7, 11) is 0. The van der Waals surface area contributed by atoms with E-state index in [9.17, 15) is 0 Å². The molecule has 0 radical (unpaired) electrons. The van der Waals surface area contributed by atoms with Gasteiger partial charge in [-0.2, -0.15) is 0 Å². The summed E-state index contributed by atoms with van der Waals surface area (Å²) in [6.07, 6.45) is 1.81. The van der Waals surface area contributed by atoms with Crippen molar-refractivity contribution >= 4 is 16.8 Å². The van der Waals surface area contributed by atoms with Gasteiger partial charge in [-0.1, -0.05) is 32.0 Å². The molecule has 1 aromatic heterocycles. The molecule has 0 bridgehead atoms. The lowest BCUT2D eigenvalue weighted by atomic mass is 9.98. The molecule has 2 aromatic carbocycles. The molecule has 21 heavy (non-hydrogen) atoms. The van der Waals surface area contributed by atoms with Gasteiger partial charge in [-0.15, -0.1) is 0 Å². The smallest absolute Gasteiger partial charge is 0.196 e. The number of aryl methyl sites for hydroxylation is 1. The standard InChI is InChI=1S/C18H20N2O/c1-3-13-4-9-17-16(11-13)20-18(21-17)10-12(2)14-5-7-15(19)8-6-14/h4-9,11-12H,3,10,19H2,1-2H3. The number of nitrogens with two attached hydrogens (primary N) is 1. The van der Waals surface area contributed by atoms with Gasteiger partial charge in [0.05, 0.1) is 0 Å². The average Bonchev–Trinajstić information content (AvgIpc) is 2.88. The Kier molecular flexibility index (Phi) is 3.65. The van der Waals surface area contributed by atoms with Crippen molar-refractivity contribution in [3.63, 3.8) is 0 Å². The Hall–Kier alpha value is -2.29. The van der Waals surface area contributed by atoms with E-state index in [1.54, 1.807) is 0 Å². The first-order chi connectivity index (χ1) is 10.2. The Morgan fingerprint density at radius 3 is 2.62 bits per heavy atom. The van der Waals surface area contributed by atoms with E-state index in [4.69, 9.17) is 10.2 Å². The number of benzene rings is 2. The van der Waals surface area contributed by atoms with Gasteiger partial charge >= 0.3 is 0 Å². The van der Waals surface area contributed by atoms with E-state index in [2.05, 4.69) is 43.1 Å². The van der Waals surface area contributed by atoms with Gasteiger partial charge in [0.15, 0.2) is 11.5 Å². The van der Waals surface area contributed by atoms with Crippen molar-refractivity contribution in [3.8, 4) is 0 Å². The van der Waals surface area contributed by atoms with Crippen molar-refractivity contribution < 1.29 is 4.42 Å². The molecular formula is C18H20N2O. The summed E-state index contributed by atoms with van der Waals surface area (Å²) >= 11 is 0. The maximum absolute atomic E-state index is 5.85. The van der Waals surface area contributed by atoms with Crippen LogP contribution in [0.15, 0.2) is 46.9 Å². The molecule has 0 aliphatic carbocycles. The van der Waals surface area contributed by atoms with Crippen LogP contribution in [0.5, 0.6) is 0 Å². The highest BCUT2D eigenvalue weighted by atomic mass is 16.3. The number of oxazole rings is 1. The lowest BCUT2D eigenvalue weighted by Gasteiger charge is -2.09. The molecule has 3 rings (SSSR count). The second-order valence-corrected chi connectivity index (χ2v) is 5.54. The molecule has 1 unspecified atom stereocenters. The Morgan fingerprint density at radius 1 is 1.14 bits per heavy atom. The number of fused-ring (bicyclic) bond motifs is 1. The van der Waals surface area contributed by atoms with Crippen LogP contribution in [0.4, 0.5) is 5.69 Å². The maximum Gasteiger partial charge on any atom is 0.196 e. The van der Waals surface area contributed by atoms with Crippen molar-refractivity contribution in [1.29, 1.82) is 0 Å². The van der Waals surface area contributed by atoms with Crippen LogP contribution in [0.1, 0.15) is 36.8 Å². The summed E-state index contributed by atoms with van der Waals surface area (Å²) < 4.78 is 5.85. The number of nitrogen functional groups attached to an aromatic ring is 1. The van der Waals surface area contributed by atoms with Crippen LogP contribution >= 0.6 is 0 Å². The predicted molar refractivity (Wildman–Crippen MR) is 86.4 cm³/mol. The quantitative estimate of drug-likeness (QED) is 0.724. The lowest BCUT2D eigenvalue weighted by molar-refractivity contribution is 0.508. The van der Waals surface area contributed by atoms with Crippen LogP contribution in [0.3, 0.4) is 0 Å².